The van der Waals surface area contributed by atoms with E-state index in [9.17, 15) is 14.4 Å². The van der Waals surface area contributed by atoms with Gasteiger partial charge in [0.2, 0.25) is 5.91 Å². The van der Waals surface area contributed by atoms with Crippen molar-refractivity contribution in [1.29, 1.82) is 0 Å². The summed E-state index contributed by atoms with van der Waals surface area (Å²) in [5.74, 6) is -2.13. The predicted molar refractivity (Wildman–Crippen MR) is 140 cm³/mol. The lowest BCUT2D eigenvalue weighted by Gasteiger charge is -2.37. The predicted octanol–water partition coefficient (Wildman–Crippen LogP) is 3.60. The van der Waals surface area contributed by atoms with Gasteiger partial charge in [0.05, 0.1) is 27.3 Å². The van der Waals surface area contributed by atoms with Crippen LogP contribution in [0.2, 0.25) is 5.02 Å². The van der Waals surface area contributed by atoms with E-state index < -0.39 is 27.4 Å². The standard InChI is InChI=1S/C27H31ClN2O5S/c1-26-12-9-17-35-25(34)21(26)20-23(32)30(14-6-2-3-7-16-31)22-24(33)29(15-8-13-27(20,22)36-26)19-11-5-4-10-18(19)28/h4-5,8-13,20-22,31H,2-3,6-7,14-17H2,1H3/t20-,21+,22?,26-,27-/m0/s1. The molecular formula is C27H31ClN2O5S. The highest BCUT2D eigenvalue weighted by Gasteiger charge is 2.74. The molecule has 9 heteroatoms. The number of thioether (sulfide) groups is 1. The number of hydrogen-bond donors (Lipinski definition) is 1. The summed E-state index contributed by atoms with van der Waals surface area (Å²) in [5, 5.41) is 9.57. The number of likely N-dealkylation sites (tertiary alicyclic amines) is 1. The van der Waals surface area contributed by atoms with Crippen molar-refractivity contribution in [1.82, 2.24) is 4.90 Å². The third-order valence-corrected chi connectivity index (χ3v) is 9.88. The molecule has 0 saturated carbocycles. The van der Waals surface area contributed by atoms with E-state index in [0.717, 1.165) is 12.8 Å². The molecule has 1 unspecified atom stereocenters. The summed E-state index contributed by atoms with van der Waals surface area (Å²) in [6, 6.07) is 6.45. The molecule has 1 N–H and O–H groups in total. The van der Waals surface area contributed by atoms with Gasteiger partial charge in [-0.05, 0) is 38.0 Å². The molecule has 7 nitrogen and oxygen atoms in total. The second-order valence-electron chi connectivity index (χ2n) is 10.0. The molecule has 0 aliphatic carbocycles. The van der Waals surface area contributed by atoms with Gasteiger partial charge in [-0.2, -0.15) is 0 Å². The number of amides is 2. The Morgan fingerprint density at radius 2 is 1.83 bits per heavy atom. The number of carbonyl (C=O) groups is 3. The van der Waals surface area contributed by atoms with Crippen molar-refractivity contribution in [3.63, 3.8) is 0 Å². The van der Waals surface area contributed by atoms with E-state index in [0.29, 0.717) is 36.6 Å². The first-order chi connectivity index (χ1) is 17.3. The number of cyclic esters (lactones) is 1. The Morgan fingerprint density at radius 1 is 1.06 bits per heavy atom. The van der Waals surface area contributed by atoms with Gasteiger partial charge in [-0.15, -0.1) is 11.8 Å². The number of benzene rings is 1. The monoisotopic (exact) mass is 530 g/mol. The molecule has 1 aromatic carbocycles. The Bertz CT molecular complexity index is 1130. The highest BCUT2D eigenvalue weighted by atomic mass is 35.5. The minimum absolute atomic E-state index is 0.138. The summed E-state index contributed by atoms with van der Waals surface area (Å²) in [6.45, 7) is 3.04. The van der Waals surface area contributed by atoms with E-state index in [4.69, 9.17) is 21.4 Å². The normalized spacial score (nSPS) is 33.2. The molecule has 1 spiro atoms. The van der Waals surface area contributed by atoms with Crippen LogP contribution in [0.15, 0.2) is 48.6 Å². The Kier molecular flexibility index (Phi) is 6.96. The third kappa shape index (κ3) is 3.98. The molecule has 4 aliphatic heterocycles. The number of aliphatic hydroxyl groups is 1. The molecule has 2 amide bonds. The summed E-state index contributed by atoms with van der Waals surface area (Å²) in [4.78, 5) is 45.0. The van der Waals surface area contributed by atoms with Crippen LogP contribution in [-0.2, 0) is 19.1 Å². The number of rotatable bonds is 7. The lowest BCUT2D eigenvalue weighted by atomic mass is 9.75. The van der Waals surface area contributed by atoms with Crippen LogP contribution in [-0.4, -0.2) is 69.6 Å². The van der Waals surface area contributed by atoms with E-state index in [2.05, 4.69) is 0 Å². The first-order valence-electron chi connectivity index (χ1n) is 12.5. The second-order valence-corrected chi connectivity index (χ2v) is 12.2. The van der Waals surface area contributed by atoms with Crippen molar-refractivity contribution in [3.05, 3.63) is 53.6 Å². The molecule has 2 fully saturated rings. The van der Waals surface area contributed by atoms with Crippen molar-refractivity contribution >= 4 is 46.8 Å². The summed E-state index contributed by atoms with van der Waals surface area (Å²) < 4.78 is 3.91. The van der Waals surface area contributed by atoms with Gasteiger partial charge in [0.25, 0.3) is 5.91 Å². The van der Waals surface area contributed by atoms with Crippen molar-refractivity contribution in [2.75, 3.05) is 31.2 Å². The third-order valence-electron chi connectivity index (χ3n) is 7.76. The van der Waals surface area contributed by atoms with Gasteiger partial charge < -0.3 is 19.6 Å². The van der Waals surface area contributed by atoms with Crippen LogP contribution in [0.5, 0.6) is 0 Å². The number of nitrogens with zero attached hydrogens (tertiary/aromatic N) is 2. The Morgan fingerprint density at radius 3 is 2.61 bits per heavy atom. The Hall–Kier alpha value is -2.29. The first kappa shape index (κ1) is 25.4. The maximum absolute atomic E-state index is 14.3. The summed E-state index contributed by atoms with van der Waals surface area (Å²) in [7, 11) is 0. The smallest absolute Gasteiger partial charge is 0.311 e. The van der Waals surface area contributed by atoms with E-state index in [1.807, 2.05) is 49.4 Å². The number of aliphatic hydroxyl groups excluding tert-OH is 1. The molecule has 1 aromatic rings. The van der Waals surface area contributed by atoms with Crippen molar-refractivity contribution < 1.29 is 24.2 Å². The maximum atomic E-state index is 14.3. The van der Waals surface area contributed by atoms with Crippen LogP contribution < -0.4 is 4.90 Å². The van der Waals surface area contributed by atoms with Gasteiger partial charge in [0.15, 0.2) is 0 Å². The van der Waals surface area contributed by atoms with E-state index in [1.165, 1.54) is 11.8 Å². The number of halogens is 1. The summed E-state index contributed by atoms with van der Waals surface area (Å²) in [6.07, 6.45) is 10.8. The molecule has 5 atom stereocenters. The van der Waals surface area contributed by atoms with Crippen LogP contribution in [0.3, 0.4) is 0 Å². The number of para-hydroxylation sites is 1. The molecule has 192 valence electrons. The van der Waals surface area contributed by atoms with Crippen molar-refractivity contribution in [3.8, 4) is 0 Å². The molecule has 0 bridgehead atoms. The number of ether oxygens (including phenoxy) is 1. The SMILES string of the molecule is C[C@]12C=CCOC(=O)[C@H]1[C@H]1C(=O)N(CCCCCCO)C3C(=O)N(c4ccccc4Cl)CC=C[C@@]31S2. The number of hydrogen-bond acceptors (Lipinski definition) is 6. The largest absolute Gasteiger partial charge is 0.461 e. The van der Waals surface area contributed by atoms with E-state index in [-0.39, 0.29) is 31.0 Å². The number of fused-ring (bicyclic) bond motifs is 2. The molecule has 5 rings (SSSR count). The van der Waals surface area contributed by atoms with Crippen LogP contribution in [0.1, 0.15) is 32.6 Å². The fourth-order valence-corrected chi connectivity index (χ4v) is 8.62. The van der Waals surface area contributed by atoms with Crippen molar-refractivity contribution in [2.45, 2.75) is 48.1 Å². The fraction of sp³-hybridized carbons (Fsp3) is 0.519. The molecule has 4 aliphatic rings. The minimum Gasteiger partial charge on any atom is -0.461 e. The molecule has 0 aromatic heterocycles. The summed E-state index contributed by atoms with van der Waals surface area (Å²) in [5.41, 5.74) is 0.604. The fourth-order valence-electron chi connectivity index (χ4n) is 6.23. The Balaban J connectivity index is 1.57. The van der Waals surface area contributed by atoms with Gasteiger partial charge in [0, 0.05) is 24.4 Å². The molecule has 4 heterocycles. The van der Waals surface area contributed by atoms with Gasteiger partial charge in [-0.1, -0.05) is 54.8 Å². The minimum atomic E-state index is -0.893. The lowest BCUT2D eigenvalue weighted by molar-refractivity contribution is -0.152. The van der Waals surface area contributed by atoms with Crippen LogP contribution >= 0.6 is 23.4 Å². The average molecular weight is 531 g/mol. The lowest BCUT2D eigenvalue weighted by Crippen LogP contribution is -2.53. The average Bonchev–Trinajstić information content (AvgIpc) is 3.10. The number of anilines is 1. The van der Waals surface area contributed by atoms with Crippen LogP contribution in [0.4, 0.5) is 5.69 Å². The van der Waals surface area contributed by atoms with Crippen LogP contribution in [0, 0.1) is 11.8 Å². The summed E-state index contributed by atoms with van der Waals surface area (Å²) >= 11 is 8.03. The Labute approximate surface area is 220 Å². The van der Waals surface area contributed by atoms with E-state index >= 15 is 0 Å². The van der Waals surface area contributed by atoms with E-state index in [1.54, 1.807) is 15.9 Å². The zero-order valence-electron chi connectivity index (χ0n) is 20.3. The highest BCUT2D eigenvalue weighted by Crippen LogP contribution is 2.65. The number of carbonyl (C=O) groups excluding carboxylic acids is 3. The quantitative estimate of drug-likeness (QED) is 0.329. The topological polar surface area (TPSA) is 87.1 Å². The van der Waals surface area contributed by atoms with Gasteiger partial charge in [-0.3, -0.25) is 14.4 Å². The van der Waals surface area contributed by atoms with Gasteiger partial charge >= 0.3 is 5.97 Å². The van der Waals surface area contributed by atoms with Gasteiger partial charge in [-0.25, -0.2) is 0 Å². The molecule has 36 heavy (non-hydrogen) atoms. The molecule has 0 radical (unpaired) electrons. The number of unbranched alkanes of at least 4 members (excludes halogenated alkanes) is 3. The maximum Gasteiger partial charge on any atom is 0.311 e. The van der Waals surface area contributed by atoms with Crippen molar-refractivity contribution in [2.24, 2.45) is 11.8 Å². The molecule has 2 saturated heterocycles. The second kappa shape index (κ2) is 9.88. The van der Waals surface area contributed by atoms with Gasteiger partial charge in [0.1, 0.15) is 12.6 Å². The van der Waals surface area contributed by atoms with Crippen LogP contribution in [0.25, 0.3) is 0 Å². The first-order valence-corrected chi connectivity index (χ1v) is 13.7. The molecular weight excluding hydrogens is 500 g/mol. The highest BCUT2D eigenvalue weighted by molar-refractivity contribution is 8.02. The number of esters is 1. The zero-order valence-corrected chi connectivity index (χ0v) is 21.8. The zero-order chi connectivity index (χ0) is 25.5.